The molecular weight excluding hydrogens is 438 g/mol. The summed E-state index contributed by atoms with van der Waals surface area (Å²) >= 11 is 0. The van der Waals surface area contributed by atoms with Crippen molar-refractivity contribution in [1.82, 2.24) is 10.6 Å². The van der Waals surface area contributed by atoms with Gasteiger partial charge in [0.15, 0.2) is 5.96 Å². The molecule has 0 bridgehead atoms. The molecule has 0 saturated heterocycles. The molecule has 0 saturated carbocycles. The third-order valence-electron chi connectivity index (χ3n) is 2.86. The van der Waals surface area contributed by atoms with E-state index in [1.54, 1.807) is 7.11 Å². The van der Waals surface area contributed by atoms with Gasteiger partial charge in [0, 0.05) is 27.2 Å². The number of aliphatic imine (C=N–C) groups is 1. The second-order valence-electron chi connectivity index (χ2n) is 4.70. The lowest BCUT2D eigenvalue weighted by Gasteiger charge is -2.13. The highest BCUT2D eigenvalue weighted by Crippen LogP contribution is 2.18. The Morgan fingerprint density at radius 1 is 1.12 bits per heavy atom. The van der Waals surface area contributed by atoms with E-state index in [-0.39, 0.29) is 30.5 Å². The fourth-order valence-corrected chi connectivity index (χ4v) is 1.68. The molecule has 0 radical (unpaired) electrons. The van der Waals surface area contributed by atoms with Gasteiger partial charge in [0.05, 0.1) is 13.0 Å². The highest BCUT2D eigenvalue weighted by Gasteiger charge is 2.26. The minimum absolute atomic E-state index is 0. The van der Waals surface area contributed by atoms with E-state index >= 15 is 0 Å². The summed E-state index contributed by atoms with van der Waals surface area (Å²) in [6.45, 7) is 1.23. The number of guanidine groups is 1. The molecule has 0 aromatic heterocycles. The fourth-order valence-electron chi connectivity index (χ4n) is 1.68. The van der Waals surface area contributed by atoms with Crippen LogP contribution in [0.15, 0.2) is 29.3 Å². The Labute approximate surface area is 157 Å². The van der Waals surface area contributed by atoms with Gasteiger partial charge in [0.25, 0.3) is 0 Å². The molecule has 5 nitrogen and oxygen atoms in total. The second kappa shape index (κ2) is 12.2. The van der Waals surface area contributed by atoms with Crippen LogP contribution in [0.4, 0.5) is 13.2 Å². The molecule has 0 spiro atoms. The highest BCUT2D eigenvalue weighted by molar-refractivity contribution is 14.0. The van der Waals surface area contributed by atoms with Crippen LogP contribution in [0.3, 0.4) is 0 Å². The number of nitrogens with zero attached hydrogens (tertiary/aromatic N) is 1. The number of ether oxygens (including phenoxy) is 2. The maximum absolute atomic E-state index is 12.1. The number of hydrogen-bond donors (Lipinski definition) is 2. The molecule has 2 N–H and O–H groups in total. The summed E-state index contributed by atoms with van der Waals surface area (Å²) in [5.41, 5.74) is 0.961. The summed E-state index contributed by atoms with van der Waals surface area (Å²) in [7, 11) is 3.11. The van der Waals surface area contributed by atoms with E-state index in [9.17, 15) is 13.2 Å². The monoisotopic (exact) mass is 461 g/mol. The molecule has 24 heavy (non-hydrogen) atoms. The molecule has 0 aliphatic rings. The van der Waals surface area contributed by atoms with E-state index < -0.39 is 12.6 Å². The molecule has 0 unspecified atom stereocenters. The van der Waals surface area contributed by atoms with Crippen molar-refractivity contribution in [3.05, 3.63) is 29.8 Å². The largest absolute Gasteiger partial charge is 0.491 e. The van der Waals surface area contributed by atoms with Gasteiger partial charge in [-0.3, -0.25) is 4.99 Å². The van der Waals surface area contributed by atoms with E-state index in [2.05, 4.69) is 15.6 Å². The Hall–Kier alpha value is -1.23. The van der Waals surface area contributed by atoms with Gasteiger partial charge >= 0.3 is 6.18 Å². The third kappa shape index (κ3) is 10.5. The van der Waals surface area contributed by atoms with E-state index in [1.807, 2.05) is 24.3 Å². The predicted octanol–water partition coefficient (Wildman–Crippen LogP) is 2.95. The molecular formula is C15H23F3IN3O2. The smallest absolute Gasteiger partial charge is 0.390 e. The molecule has 9 heteroatoms. The van der Waals surface area contributed by atoms with Crippen molar-refractivity contribution in [2.24, 2.45) is 4.99 Å². The lowest BCUT2D eigenvalue weighted by Crippen LogP contribution is -2.38. The first-order valence-corrected chi connectivity index (χ1v) is 7.16. The summed E-state index contributed by atoms with van der Waals surface area (Å²) in [6, 6.07) is 7.40. The number of nitrogens with one attached hydrogen (secondary N) is 2. The Kier molecular flexibility index (Phi) is 11.6. The van der Waals surface area contributed by atoms with Crippen molar-refractivity contribution >= 4 is 29.9 Å². The normalized spacial score (nSPS) is 11.6. The molecule has 1 rings (SSSR count). The van der Waals surface area contributed by atoms with Gasteiger partial charge in [-0.15, -0.1) is 24.0 Å². The number of alkyl halides is 3. The van der Waals surface area contributed by atoms with Gasteiger partial charge in [-0.05, 0) is 17.7 Å². The average molecular weight is 461 g/mol. The highest BCUT2D eigenvalue weighted by atomic mass is 127. The number of benzene rings is 1. The quantitative estimate of drug-likeness (QED) is 0.271. The number of hydrogen-bond acceptors (Lipinski definition) is 3. The van der Waals surface area contributed by atoms with Gasteiger partial charge in [0.1, 0.15) is 12.4 Å². The topological polar surface area (TPSA) is 54.9 Å². The first-order chi connectivity index (χ1) is 10.9. The molecule has 0 amide bonds. The van der Waals surface area contributed by atoms with Gasteiger partial charge in [-0.2, -0.15) is 13.2 Å². The van der Waals surface area contributed by atoms with Crippen LogP contribution in [0.2, 0.25) is 0 Å². The fraction of sp³-hybridized carbons (Fsp3) is 0.533. The zero-order chi connectivity index (χ0) is 17.1. The summed E-state index contributed by atoms with van der Waals surface area (Å²) in [5, 5.41) is 5.58. The van der Waals surface area contributed by atoms with Crippen LogP contribution >= 0.6 is 24.0 Å². The maximum Gasteiger partial charge on any atom is 0.390 e. The maximum atomic E-state index is 12.1. The van der Waals surface area contributed by atoms with Crippen LogP contribution in [-0.4, -0.2) is 46.1 Å². The van der Waals surface area contributed by atoms with Crippen molar-refractivity contribution in [3.63, 3.8) is 0 Å². The first-order valence-electron chi connectivity index (χ1n) is 7.16. The number of halogens is 4. The van der Waals surface area contributed by atoms with Gasteiger partial charge < -0.3 is 20.1 Å². The van der Waals surface area contributed by atoms with Crippen LogP contribution < -0.4 is 15.4 Å². The minimum Gasteiger partial charge on any atom is -0.491 e. The predicted molar refractivity (Wildman–Crippen MR) is 98.1 cm³/mol. The molecule has 0 fully saturated rings. The molecule has 0 aliphatic carbocycles. The Bertz CT molecular complexity index is 482. The van der Waals surface area contributed by atoms with Crippen molar-refractivity contribution in [3.8, 4) is 5.75 Å². The summed E-state index contributed by atoms with van der Waals surface area (Å²) in [6.07, 6.45) is -5.08. The van der Waals surface area contributed by atoms with Crippen LogP contribution in [-0.2, 0) is 11.3 Å². The van der Waals surface area contributed by atoms with Gasteiger partial charge in [-0.25, -0.2) is 0 Å². The Morgan fingerprint density at radius 3 is 2.33 bits per heavy atom. The standard InChI is InChI=1S/C15H22F3N3O2.HI/c1-19-14(20-8-7-15(16,17)18)21-11-12-3-5-13(6-4-12)23-10-9-22-2;/h3-6H,7-11H2,1-2H3,(H2,19,20,21);1H. The molecule has 0 atom stereocenters. The van der Waals surface area contributed by atoms with Gasteiger partial charge in [0.2, 0.25) is 0 Å². The zero-order valence-corrected chi connectivity index (χ0v) is 16.0. The van der Waals surface area contributed by atoms with Crippen molar-refractivity contribution in [1.29, 1.82) is 0 Å². The van der Waals surface area contributed by atoms with E-state index in [0.29, 0.717) is 25.7 Å². The minimum atomic E-state index is -4.18. The van der Waals surface area contributed by atoms with Crippen LogP contribution in [0.25, 0.3) is 0 Å². The molecule has 0 aliphatic heterocycles. The van der Waals surface area contributed by atoms with Crippen molar-refractivity contribution < 1.29 is 22.6 Å². The summed E-state index contributed by atoms with van der Waals surface area (Å²) < 4.78 is 46.6. The van der Waals surface area contributed by atoms with Crippen LogP contribution in [0.1, 0.15) is 12.0 Å². The van der Waals surface area contributed by atoms with E-state index in [1.165, 1.54) is 7.05 Å². The number of methoxy groups -OCH3 is 1. The molecule has 0 heterocycles. The van der Waals surface area contributed by atoms with E-state index in [0.717, 1.165) is 11.3 Å². The Morgan fingerprint density at radius 2 is 1.79 bits per heavy atom. The number of rotatable bonds is 8. The molecule has 138 valence electrons. The SMILES string of the molecule is CN=C(NCCC(F)(F)F)NCc1ccc(OCCOC)cc1.I. The lowest BCUT2D eigenvalue weighted by molar-refractivity contribution is -0.132. The summed E-state index contributed by atoms with van der Waals surface area (Å²) in [5.74, 6) is 1.06. The lowest BCUT2D eigenvalue weighted by atomic mass is 10.2. The van der Waals surface area contributed by atoms with Crippen LogP contribution in [0, 0.1) is 0 Å². The van der Waals surface area contributed by atoms with Crippen LogP contribution in [0.5, 0.6) is 5.75 Å². The zero-order valence-electron chi connectivity index (χ0n) is 13.7. The average Bonchev–Trinajstić information content (AvgIpc) is 2.51. The third-order valence-corrected chi connectivity index (χ3v) is 2.86. The molecule has 1 aromatic rings. The Balaban J connectivity index is 0.00000529. The van der Waals surface area contributed by atoms with Crippen molar-refractivity contribution in [2.45, 2.75) is 19.1 Å². The van der Waals surface area contributed by atoms with E-state index in [4.69, 9.17) is 9.47 Å². The first kappa shape index (κ1) is 22.8. The molecule has 1 aromatic carbocycles. The van der Waals surface area contributed by atoms with Gasteiger partial charge in [-0.1, -0.05) is 12.1 Å². The summed E-state index contributed by atoms with van der Waals surface area (Å²) in [4.78, 5) is 3.88. The second-order valence-corrected chi connectivity index (χ2v) is 4.70. The van der Waals surface area contributed by atoms with Crippen molar-refractivity contribution in [2.75, 3.05) is 33.9 Å².